The normalized spacial score (nSPS) is 20.5. The topological polar surface area (TPSA) is 69.7 Å². The van der Waals surface area contributed by atoms with Gasteiger partial charge in [0.05, 0.1) is 23.2 Å². The minimum Gasteiger partial charge on any atom is -0.347 e. The Labute approximate surface area is 145 Å². The number of nitrogens with one attached hydrogen (secondary N) is 1. The number of amides is 3. The van der Waals surface area contributed by atoms with Crippen molar-refractivity contribution in [3.8, 4) is 0 Å². The van der Waals surface area contributed by atoms with Crippen LogP contribution >= 0.6 is 11.6 Å². The second-order valence-electron chi connectivity index (χ2n) is 6.16. The Morgan fingerprint density at radius 1 is 1.21 bits per heavy atom. The molecule has 0 spiro atoms. The molecule has 1 aromatic carbocycles. The molecule has 2 heterocycles. The Hall–Kier alpha value is -2.08. The molecule has 1 aromatic rings. The molecule has 6 nitrogen and oxygen atoms in total. The molecular weight excluding hydrogens is 330 g/mol. The number of likely N-dealkylation sites (tertiary alicyclic amines) is 1. The first-order valence-electron chi connectivity index (χ1n) is 8.16. The van der Waals surface area contributed by atoms with E-state index in [9.17, 15) is 14.4 Å². The van der Waals surface area contributed by atoms with Crippen LogP contribution in [0.1, 0.15) is 19.3 Å². The molecule has 7 heteroatoms. The first-order chi connectivity index (χ1) is 11.6. The third-order valence-corrected chi connectivity index (χ3v) is 4.83. The zero-order valence-electron chi connectivity index (χ0n) is 13.3. The quantitative estimate of drug-likeness (QED) is 0.894. The second-order valence-corrected chi connectivity index (χ2v) is 6.57. The van der Waals surface area contributed by atoms with E-state index in [-0.39, 0.29) is 37.2 Å². The van der Waals surface area contributed by atoms with Crippen molar-refractivity contribution < 1.29 is 14.4 Å². The number of halogens is 1. The summed E-state index contributed by atoms with van der Waals surface area (Å²) in [5.74, 6) is -0.909. The molecule has 2 aliphatic rings. The zero-order chi connectivity index (χ0) is 17.1. The van der Waals surface area contributed by atoms with E-state index in [1.54, 1.807) is 29.2 Å². The standard InChI is InChI=1S/C17H20ClN3O3/c18-13-5-1-2-6-14(13)21-11-12(9-15(21)22)17(24)19-10-16(23)20-7-3-4-8-20/h1-2,5-6,12H,3-4,7-11H2,(H,19,24). The molecule has 0 bridgehead atoms. The Bertz CT molecular complexity index is 658. The highest BCUT2D eigenvalue weighted by Gasteiger charge is 2.36. The number of hydrogen-bond donors (Lipinski definition) is 1. The van der Waals surface area contributed by atoms with E-state index in [2.05, 4.69) is 5.32 Å². The van der Waals surface area contributed by atoms with Crippen LogP contribution < -0.4 is 10.2 Å². The molecule has 24 heavy (non-hydrogen) atoms. The van der Waals surface area contributed by atoms with Crippen LogP contribution in [-0.4, -0.2) is 48.8 Å². The Morgan fingerprint density at radius 3 is 2.62 bits per heavy atom. The number of carbonyl (C=O) groups is 3. The van der Waals surface area contributed by atoms with Gasteiger partial charge in [-0.2, -0.15) is 0 Å². The van der Waals surface area contributed by atoms with Crippen LogP contribution in [0.3, 0.4) is 0 Å². The maximum Gasteiger partial charge on any atom is 0.241 e. The van der Waals surface area contributed by atoms with Gasteiger partial charge < -0.3 is 15.1 Å². The molecule has 1 N–H and O–H groups in total. The van der Waals surface area contributed by atoms with E-state index in [0.717, 1.165) is 25.9 Å². The van der Waals surface area contributed by atoms with Gasteiger partial charge in [-0.15, -0.1) is 0 Å². The smallest absolute Gasteiger partial charge is 0.241 e. The molecule has 2 saturated heterocycles. The van der Waals surface area contributed by atoms with Gasteiger partial charge in [-0.25, -0.2) is 0 Å². The Balaban J connectivity index is 1.56. The maximum atomic E-state index is 12.3. The summed E-state index contributed by atoms with van der Waals surface area (Å²) in [5.41, 5.74) is 0.618. The molecule has 3 rings (SSSR count). The van der Waals surface area contributed by atoms with Crippen LogP contribution in [0.2, 0.25) is 5.02 Å². The van der Waals surface area contributed by atoms with Crippen LogP contribution in [0.15, 0.2) is 24.3 Å². The summed E-state index contributed by atoms with van der Waals surface area (Å²) in [6.07, 6.45) is 2.17. The van der Waals surface area contributed by atoms with Crippen molar-refractivity contribution in [1.29, 1.82) is 0 Å². The molecular formula is C17H20ClN3O3. The maximum absolute atomic E-state index is 12.3. The number of rotatable bonds is 4. The lowest BCUT2D eigenvalue weighted by molar-refractivity contribution is -0.133. The molecule has 2 aliphatic heterocycles. The molecule has 0 aliphatic carbocycles. The number of hydrogen-bond acceptors (Lipinski definition) is 3. The Kier molecular flexibility index (Phi) is 5.04. The van der Waals surface area contributed by atoms with Gasteiger partial charge in [-0.05, 0) is 25.0 Å². The van der Waals surface area contributed by atoms with Crippen molar-refractivity contribution in [2.24, 2.45) is 5.92 Å². The number of carbonyl (C=O) groups excluding carboxylic acids is 3. The zero-order valence-corrected chi connectivity index (χ0v) is 14.1. The fourth-order valence-corrected chi connectivity index (χ4v) is 3.41. The molecule has 1 atom stereocenters. The van der Waals surface area contributed by atoms with Crippen molar-refractivity contribution in [3.63, 3.8) is 0 Å². The number of nitrogens with zero attached hydrogens (tertiary/aromatic N) is 2. The third-order valence-electron chi connectivity index (χ3n) is 4.51. The van der Waals surface area contributed by atoms with Gasteiger partial charge in [0.15, 0.2) is 0 Å². The van der Waals surface area contributed by atoms with Crippen molar-refractivity contribution in [2.75, 3.05) is 31.1 Å². The highest BCUT2D eigenvalue weighted by molar-refractivity contribution is 6.33. The van der Waals surface area contributed by atoms with Gasteiger partial charge in [-0.1, -0.05) is 23.7 Å². The molecule has 0 saturated carbocycles. The van der Waals surface area contributed by atoms with Crippen LogP contribution in [-0.2, 0) is 14.4 Å². The van der Waals surface area contributed by atoms with Crippen molar-refractivity contribution in [1.82, 2.24) is 10.2 Å². The summed E-state index contributed by atoms with van der Waals surface area (Å²) in [6, 6.07) is 7.07. The van der Waals surface area contributed by atoms with Crippen LogP contribution in [0, 0.1) is 5.92 Å². The minimum absolute atomic E-state index is 0.00435. The highest BCUT2D eigenvalue weighted by atomic mass is 35.5. The molecule has 128 valence electrons. The van der Waals surface area contributed by atoms with E-state index in [1.165, 1.54) is 4.90 Å². The number of anilines is 1. The van der Waals surface area contributed by atoms with E-state index in [4.69, 9.17) is 11.6 Å². The monoisotopic (exact) mass is 349 g/mol. The summed E-state index contributed by atoms with van der Waals surface area (Å²) in [7, 11) is 0. The number of para-hydroxylation sites is 1. The molecule has 0 aromatic heterocycles. The van der Waals surface area contributed by atoms with Crippen molar-refractivity contribution in [3.05, 3.63) is 29.3 Å². The largest absolute Gasteiger partial charge is 0.347 e. The SMILES string of the molecule is O=C(NCC(=O)N1CCCC1)C1CC(=O)N(c2ccccc2Cl)C1. The van der Waals surface area contributed by atoms with Crippen molar-refractivity contribution >= 4 is 35.0 Å². The van der Waals surface area contributed by atoms with Gasteiger partial charge in [0, 0.05) is 26.1 Å². The van der Waals surface area contributed by atoms with Gasteiger partial charge in [-0.3, -0.25) is 14.4 Å². The summed E-state index contributed by atoms with van der Waals surface area (Å²) >= 11 is 6.13. The van der Waals surface area contributed by atoms with Crippen LogP contribution in [0.4, 0.5) is 5.69 Å². The predicted molar refractivity (Wildman–Crippen MR) is 90.7 cm³/mol. The fourth-order valence-electron chi connectivity index (χ4n) is 3.17. The van der Waals surface area contributed by atoms with E-state index >= 15 is 0 Å². The first-order valence-corrected chi connectivity index (χ1v) is 8.54. The average Bonchev–Trinajstić information content (AvgIpc) is 3.23. The lowest BCUT2D eigenvalue weighted by Gasteiger charge is -2.18. The van der Waals surface area contributed by atoms with Gasteiger partial charge in [0.1, 0.15) is 0 Å². The lowest BCUT2D eigenvalue weighted by atomic mass is 10.1. The van der Waals surface area contributed by atoms with Crippen LogP contribution in [0.25, 0.3) is 0 Å². The summed E-state index contributed by atoms with van der Waals surface area (Å²) in [4.78, 5) is 39.8. The van der Waals surface area contributed by atoms with Gasteiger partial charge in [0.2, 0.25) is 17.7 Å². The summed E-state index contributed by atoms with van der Waals surface area (Å²) in [6.45, 7) is 1.80. The third kappa shape index (κ3) is 3.53. The van der Waals surface area contributed by atoms with E-state index < -0.39 is 5.92 Å². The fraction of sp³-hybridized carbons (Fsp3) is 0.471. The second kappa shape index (κ2) is 7.21. The average molecular weight is 350 g/mol. The minimum atomic E-state index is -0.458. The molecule has 0 radical (unpaired) electrons. The summed E-state index contributed by atoms with van der Waals surface area (Å²) in [5, 5.41) is 3.15. The predicted octanol–water partition coefficient (Wildman–Crippen LogP) is 1.43. The molecule has 1 unspecified atom stereocenters. The van der Waals surface area contributed by atoms with Crippen LogP contribution in [0.5, 0.6) is 0 Å². The van der Waals surface area contributed by atoms with Crippen molar-refractivity contribution in [2.45, 2.75) is 19.3 Å². The molecule has 3 amide bonds. The highest BCUT2D eigenvalue weighted by Crippen LogP contribution is 2.30. The summed E-state index contributed by atoms with van der Waals surface area (Å²) < 4.78 is 0. The van der Waals surface area contributed by atoms with Gasteiger partial charge in [0.25, 0.3) is 0 Å². The lowest BCUT2D eigenvalue weighted by Crippen LogP contribution is -2.41. The molecule has 2 fully saturated rings. The Morgan fingerprint density at radius 2 is 1.92 bits per heavy atom. The first kappa shape index (κ1) is 16.8. The number of benzene rings is 1. The van der Waals surface area contributed by atoms with Gasteiger partial charge >= 0.3 is 0 Å². The van der Waals surface area contributed by atoms with E-state index in [1.807, 2.05) is 0 Å². The van der Waals surface area contributed by atoms with E-state index in [0.29, 0.717) is 10.7 Å².